The summed E-state index contributed by atoms with van der Waals surface area (Å²) in [4.78, 5) is 6.87. The molecule has 3 nitrogen and oxygen atoms in total. The fourth-order valence-corrected chi connectivity index (χ4v) is 3.72. The summed E-state index contributed by atoms with van der Waals surface area (Å²) in [6, 6.07) is 6.84. The predicted octanol–water partition coefficient (Wildman–Crippen LogP) is 3.17. The molecule has 2 rings (SSSR count). The third-order valence-electron chi connectivity index (χ3n) is 5.04. The van der Waals surface area contributed by atoms with E-state index < -0.39 is 0 Å². The molecule has 0 radical (unpaired) electrons. The van der Waals surface area contributed by atoms with E-state index in [9.17, 15) is 0 Å². The van der Waals surface area contributed by atoms with Gasteiger partial charge in [-0.2, -0.15) is 0 Å². The number of pyridine rings is 1. The van der Waals surface area contributed by atoms with E-state index in [4.69, 9.17) is 0 Å². The number of aromatic nitrogens is 1. The first-order chi connectivity index (χ1) is 10.1. The van der Waals surface area contributed by atoms with Crippen LogP contribution in [0.1, 0.15) is 38.8 Å². The van der Waals surface area contributed by atoms with Crippen LogP contribution >= 0.6 is 0 Å². The summed E-state index contributed by atoms with van der Waals surface area (Å²) in [5, 5.41) is 3.54. The lowest BCUT2D eigenvalue weighted by Crippen LogP contribution is -2.44. The molecule has 1 aromatic heterocycles. The summed E-state index contributed by atoms with van der Waals surface area (Å²) in [7, 11) is 4.34. The molecule has 118 valence electrons. The second kappa shape index (κ2) is 7.90. The zero-order valence-corrected chi connectivity index (χ0v) is 14.0. The molecule has 0 spiro atoms. The summed E-state index contributed by atoms with van der Waals surface area (Å²) in [5.74, 6) is 2.46. The van der Waals surface area contributed by atoms with Crippen LogP contribution in [0.4, 0.5) is 0 Å². The summed E-state index contributed by atoms with van der Waals surface area (Å²) >= 11 is 0. The lowest BCUT2D eigenvalue weighted by Gasteiger charge is -2.39. The summed E-state index contributed by atoms with van der Waals surface area (Å²) in [5.41, 5.74) is 1.16. The first-order valence-electron chi connectivity index (χ1n) is 8.35. The van der Waals surface area contributed by atoms with Gasteiger partial charge in [0.2, 0.25) is 0 Å². The average molecular weight is 289 g/mol. The smallest absolute Gasteiger partial charge is 0.0543 e. The standard InChI is InChI=1S/C18H31N3/c1-14(2)15-8-9-18(19-3)16(11-15)12-21(4)13-17-7-5-6-10-20-17/h5-7,10,14-16,18-19H,8-9,11-13H2,1-4H3. The molecule has 3 atom stereocenters. The quantitative estimate of drug-likeness (QED) is 0.872. The van der Waals surface area contributed by atoms with Gasteiger partial charge in [-0.25, -0.2) is 0 Å². The Labute approximate surface area is 130 Å². The molecule has 21 heavy (non-hydrogen) atoms. The maximum Gasteiger partial charge on any atom is 0.0543 e. The molecule has 3 heteroatoms. The molecule has 1 heterocycles. The van der Waals surface area contributed by atoms with Gasteiger partial charge in [-0.1, -0.05) is 19.9 Å². The van der Waals surface area contributed by atoms with Crippen LogP contribution < -0.4 is 5.32 Å². The monoisotopic (exact) mass is 289 g/mol. The van der Waals surface area contributed by atoms with E-state index in [0.717, 1.165) is 36.5 Å². The van der Waals surface area contributed by atoms with Crippen molar-refractivity contribution >= 4 is 0 Å². The van der Waals surface area contributed by atoms with Gasteiger partial charge in [0.05, 0.1) is 5.69 Å². The van der Waals surface area contributed by atoms with Crippen LogP contribution in [0.5, 0.6) is 0 Å². The zero-order valence-electron chi connectivity index (χ0n) is 14.0. The normalized spacial score (nSPS) is 26.5. The molecule has 1 N–H and O–H groups in total. The van der Waals surface area contributed by atoms with E-state index in [1.807, 2.05) is 12.3 Å². The minimum atomic E-state index is 0.672. The SMILES string of the molecule is CNC1CCC(C(C)C)CC1CN(C)Cc1ccccn1. The van der Waals surface area contributed by atoms with Crippen molar-refractivity contribution in [1.82, 2.24) is 15.2 Å². The Morgan fingerprint density at radius 1 is 1.33 bits per heavy atom. The van der Waals surface area contributed by atoms with E-state index in [1.165, 1.54) is 19.3 Å². The Morgan fingerprint density at radius 3 is 2.76 bits per heavy atom. The van der Waals surface area contributed by atoms with E-state index in [-0.39, 0.29) is 0 Å². The van der Waals surface area contributed by atoms with Crippen molar-refractivity contribution in [2.75, 3.05) is 20.6 Å². The molecule has 0 aliphatic heterocycles. The molecule has 1 saturated carbocycles. The highest BCUT2D eigenvalue weighted by Crippen LogP contribution is 2.34. The van der Waals surface area contributed by atoms with Crippen molar-refractivity contribution in [2.45, 2.75) is 45.7 Å². The maximum absolute atomic E-state index is 4.44. The maximum atomic E-state index is 4.44. The van der Waals surface area contributed by atoms with E-state index in [1.54, 1.807) is 0 Å². The highest BCUT2D eigenvalue weighted by Gasteiger charge is 2.31. The lowest BCUT2D eigenvalue weighted by molar-refractivity contribution is 0.133. The van der Waals surface area contributed by atoms with E-state index >= 15 is 0 Å². The fourth-order valence-electron chi connectivity index (χ4n) is 3.72. The van der Waals surface area contributed by atoms with Crippen LogP contribution in [0.2, 0.25) is 0 Å². The van der Waals surface area contributed by atoms with Crippen molar-refractivity contribution in [3.63, 3.8) is 0 Å². The lowest BCUT2D eigenvalue weighted by atomic mass is 9.73. The molecular weight excluding hydrogens is 258 g/mol. The molecule has 1 aromatic rings. The Kier molecular flexibility index (Phi) is 6.19. The fraction of sp³-hybridized carbons (Fsp3) is 0.722. The van der Waals surface area contributed by atoms with Crippen molar-refractivity contribution in [3.05, 3.63) is 30.1 Å². The van der Waals surface area contributed by atoms with Crippen LogP contribution in [0.3, 0.4) is 0 Å². The average Bonchev–Trinajstić information content (AvgIpc) is 2.48. The van der Waals surface area contributed by atoms with Gasteiger partial charge >= 0.3 is 0 Å². The second-order valence-corrected chi connectivity index (χ2v) is 6.99. The second-order valence-electron chi connectivity index (χ2n) is 6.99. The van der Waals surface area contributed by atoms with Gasteiger partial charge in [0.1, 0.15) is 0 Å². The largest absolute Gasteiger partial charge is 0.317 e. The predicted molar refractivity (Wildman–Crippen MR) is 89.1 cm³/mol. The molecule has 0 amide bonds. The van der Waals surface area contributed by atoms with Crippen LogP contribution in [-0.4, -0.2) is 36.6 Å². The van der Waals surface area contributed by atoms with E-state index in [2.05, 4.69) is 55.3 Å². The van der Waals surface area contributed by atoms with Crippen molar-refractivity contribution in [1.29, 1.82) is 0 Å². The molecule has 3 unspecified atom stereocenters. The van der Waals surface area contributed by atoms with Gasteiger partial charge in [0.15, 0.2) is 0 Å². The van der Waals surface area contributed by atoms with Gasteiger partial charge in [0.25, 0.3) is 0 Å². The molecular formula is C18H31N3. The highest BCUT2D eigenvalue weighted by molar-refractivity contribution is 5.03. The molecule has 1 fully saturated rings. The number of nitrogens with one attached hydrogen (secondary N) is 1. The van der Waals surface area contributed by atoms with Gasteiger partial charge in [0, 0.05) is 25.3 Å². The Bertz CT molecular complexity index is 404. The van der Waals surface area contributed by atoms with Gasteiger partial charge in [-0.15, -0.1) is 0 Å². The van der Waals surface area contributed by atoms with Gasteiger partial charge in [-0.05, 0) is 63.2 Å². The Balaban J connectivity index is 1.91. The first kappa shape index (κ1) is 16.4. The first-order valence-corrected chi connectivity index (χ1v) is 8.35. The topological polar surface area (TPSA) is 28.2 Å². The Morgan fingerprint density at radius 2 is 2.14 bits per heavy atom. The molecule has 1 aliphatic rings. The molecule has 0 bridgehead atoms. The number of nitrogens with zero attached hydrogens (tertiary/aromatic N) is 2. The number of hydrogen-bond acceptors (Lipinski definition) is 3. The van der Waals surface area contributed by atoms with E-state index in [0.29, 0.717) is 6.04 Å². The van der Waals surface area contributed by atoms with Crippen LogP contribution in [0, 0.1) is 17.8 Å². The zero-order chi connectivity index (χ0) is 15.2. The van der Waals surface area contributed by atoms with Crippen molar-refractivity contribution in [3.8, 4) is 0 Å². The van der Waals surface area contributed by atoms with Crippen LogP contribution in [0.25, 0.3) is 0 Å². The minimum Gasteiger partial charge on any atom is -0.317 e. The summed E-state index contributed by atoms with van der Waals surface area (Å²) in [6.45, 7) is 6.85. The summed E-state index contributed by atoms with van der Waals surface area (Å²) < 4.78 is 0. The molecule has 1 aliphatic carbocycles. The Hall–Kier alpha value is -0.930. The van der Waals surface area contributed by atoms with Gasteiger partial charge in [-0.3, -0.25) is 4.98 Å². The third kappa shape index (κ3) is 4.79. The van der Waals surface area contributed by atoms with Crippen molar-refractivity contribution < 1.29 is 0 Å². The molecule has 0 aromatic carbocycles. The minimum absolute atomic E-state index is 0.672. The third-order valence-corrected chi connectivity index (χ3v) is 5.04. The van der Waals surface area contributed by atoms with Gasteiger partial charge < -0.3 is 10.2 Å². The van der Waals surface area contributed by atoms with Crippen LogP contribution in [0.15, 0.2) is 24.4 Å². The number of rotatable bonds is 6. The highest BCUT2D eigenvalue weighted by atomic mass is 15.1. The number of hydrogen-bond donors (Lipinski definition) is 1. The summed E-state index contributed by atoms with van der Waals surface area (Å²) in [6.07, 6.45) is 5.94. The molecule has 0 saturated heterocycles. The van der Waals surface area contributed by atoms with Crippen molar-refractivity contribution in [2.24, 2.45) is 17.8 Å². The van der Waals surface area contributed by atoms with Crippen LogP contribution in [-0.2, 0) is 6.54 Å².